The number of pyridine rings is 1. The Hall–Kier alpha value is -3.22. The molecule has 0 radical (unpaired) electrons. The smallest absolute Gasteiger partial charge is 0.274 e. The van der Waals surface area contributed by atoms with Crippen LogP contribution in [-0.2, 0) is 6.54 Å². The summed E-state index contributed by atoms with van der Waals surface area (Å²) < 4.78 is 6.53. The molecule has 0 spiro atoms. The zero-order chi connectivity index (χ0) is 18.7. The highest BCUT2D eigenvalue weighted by molar-refractivity contribution is 6.04. The maximum atomic E-state index is 12.8. The Kier molecular flexibility index (Phi) is 4.97. The second kappa shape index (κ2) is 7.35. The first-order valence-electron chi connectivity index (χ1n) is 8.30. The summed E-state index contributed by atoms with van der Waals surface area (Å²) in [5, 5.41) is 8.14. The molecule has 0 aliphatic carbocycles. The molecule has 2 heterocycles. The van der Waals surface area contributed by atoms with Gasteiger partial charge in [-0.25, -0.2) is 9.67 Å². The molecular weight excluding hydrogens is 332 g/mol. The number of nitrogens with one attached hydrogen (secondary N) is 1. The largest absolute Gasteiger partial charge is 0.481 e. The van der Waals surface area contributed by atoms with Crippen LogP contribution in [0, 0.1) is 0 Å². The molecule has 1 amide bonds. The number of aromatic nitrogens is 3. The van der Waals surface area contributed by atoms with Gasteiger partial charge in [-0.3, -0.25) is 9.59 Å². The minimum Gasteiger partial charge on any atom is -0.481 e. The van der Waals surface area contributed by atoms with Crippen LogP contribution in [-0.4, -0.2) is 27.8 Å². The summed E-state index contributed by atoms with van der Waals surface area (Å²) in [6.45, 7) is 3.95. The predicted molar refractivity (Wildman–Crippen MR) is 98.3 cm³/mol. The van der Waals surface area contributed by atoms with Gasteiger partial charge in [0.2, 0.25) is 5.88 Å². The molecule has 7 heteroatoms. The van der Waals surface area contributed by atoms with Crippen LogP contribution in [0.1, 0.15) is 35.9 Å². The second-order valence-corrected chi connectivity index (χ2v) is 6.09. The van der Waals surface area contributed by atoms with Gasteiger partial charge < -0.3 is 10.1 Å². The predicted octanol–water partition coefficient (Wildman–Crippen LogP) is 2.31. The van der Waals surface area contributed by atoms with Crippen LogP contribution >= 0.6 is 0 Å². The third-order valence-corrected chi connectivity index (χ3v) is 4.02. The van der Waals surface area contributed by atoms with Gasteiger partial charge >= 0.3 is 0 Å². The van der Waals surface area contributed by atoms with Gasteiger partial charge in [0.1, 0.15) is 0 Å². The number of nitrogens with zero attached hydrogens (tertiary/aromatic N) is 3. The van der Waals surface area contributed by atoms with E-state index in [1.165, 1.54) is 11.8 Å². The summed E-state index contributed by atoms with van der Waals surface area (Å²) in [4.78, 5) is 29.4. The zero-order valence-electron chi connectivity index (χ0n) is 14.9. The molecule has 7 nitrogen and oxygen atoms in total. The Balaban J connectivity index is 1.98. The van der Waals surface area contributed by atoms with Crippen LogP contribution in [0.15, 0.2) is 47.4 Å². The van der Waals surface area contributed by atoms with Gasteiger partial charge in [0.15, 0.2) is 5.69 Å². The average Bonchev–Trinajstić information content (AvgIpc) is 2.66. The average molecular weight is 352 g/mol. The lowest BCUT2D eigenvalue weighted by molar-refractivity contribution is 0.0945. The maximum absolute atomic E-state index is 12.8. The van der Waals surface area contributed by atoms with Crippen molar-refractivity contribution in [3.8, 4) is 5.88 Å². The molecule has 0 atom stereocenters. The zero-order valence-corrected chi connectivity index (χ0v) is 14.9. The number of carbonyl (C=O) groups excluding carboxylic acids is 1. The van der Waals surface area contributed by atoms with Crippen LogP contribution in [0.25, 0.3) is 10.8 Å². The van der Waals surface area contributed by atoms with E-state index in [0.29, 0.717) is 16.7 Å². The monoisotopic (exact) mass is 352 g/mol. The minimum absolute atomic E-state index is 0.155. The van der Waals surface area contributed by atoms with E-state index in [4.69, 9.17) is 4.74 Å². The standard InChI is InChI=1S/C19H20N4O3/c1-12(2)23-19(25)15-9-5-4-8-14(15)16(22-23)17(24)21-11-13-7-6-10-20-18(13)26-3/h4-10,12H,11H2,1-3H3,(H,21,24). The first-order chi connectivity index (χ1) is 12.5. The fourth-order valence-electron chi connectivity index (χ4n) is 2.73. The quantitative estimate of drug-likeness (QED) is 0.761. The van der Waals surface area contributed by atoms with Crippen molar-refractivity contribution in [1.82, 2.24) is 20.1 Å². The number of benzene rings is 1. The Labute approximate surface area is 150 Å². The van der Waals surface area contributed by atoms with Gasteiger partial charge in [0.05, 0.1) is 18.5 Å². The van der Waals surface area contributed by atoms with Crippen molar-refractivity contribution in [2.24, 2.45) is 0 Å². The molecule has 1 aromatic carbocycles. The number of amides is 1. The third kappa shape index (κ3) is 3.28. The Morgan fingerprint density at radius 3 is 2.62 bits per heavy atom. The highest BCUT2D eigenvalue weighted by atomic mass is 16.5. The van der Waals surface area contributed by atoms with Crippen LogP contribution < -0.4 is 15.6 Å². The second-order valence-electron chi connectivity index (χ2n) is 6.09. The van der Waals surface area contributed by atoms with Crippen molar-refractivity contribution in [2.45, 2.75) is 26.4 Å². The molecule has 0 aliphatic rings. The molecule has 1 N–H and O–H groups in total. The molecule has 0 aliphatic heterocycles. The molecule has 3 rings (SSSR count). The van der Waals surface area contributed by atoms with E-state index in [1.807, 2.05) is 19.9 Å². The van der Waals surface area contributed by atoms with Crippen molar-refractivity contribution in [2.75, 3.05) is 7.11 Å². The van der Waals surface area contributed by atoms with Gasteiger partial charge in [-0.2, -0.15) is 5.10 Å². The van der Waals surface area contributed by atoms with Crippen molar-refractivity contribution >= 4 is 16.7 Å². The number of rotatable bonds is 5. The molecule has 0 bridgehead atoms. The highest BCUT2D eigenvalue weighted by Gasteiger charge is 2.18. The lowest BCUT2D eigenvalue weighted by Crippen LogP contribution is -2.31. The summed E-state index contributed by atoms with van der Waals surface area (Å²) in [5.74, 6) is 0.0965. The van der Waals surface area contributed by atoms with E-state index in [0.717, 1.165) is 5.56 Å². The number of carbonyl (C=O) groups is 1. The third-order valence-electron chi connectivity index (χ3n) is 4.02. The van der Waals surface area contributed by atoms with Crippen LogP contribution in [0.4, 0.5) is 0 Å². The molecule has 3 aromatic rings. The normalized spacial score (nSPS) is 10.9. The number of hydrogen-bond donors (Lipinski definition) is 1. The van der Waals surface area contributed by atoms with E-state index in [9.17, 15) is 9.59 Å². The van der Waals surface area contributed by atoms with Crippen molar-refractivity contribution in [3.05, 3.63) is 64.2 Å². The topological polar surface area (TPSA) is 86.1 Å². The van der Waals surface area contributed by atoms with Gasteiger partial charge in [0.25, 0.3) is 11.5 Å². The molecule has 26 heavy (non-hydrogen) atoms. The van der Waals surface area contributed by atoms with E-state index >= 15 is 0 Å². The van der Waals surface area contributed by atoms with Gasteiger partial charge in [-0.1, -0.05) is 24.3 Å². The molecule has 0 saturated heterocycles. The fourth-order valence-corrected chi connectivity index (χ4v) is 2.73. The Morgan fingerprint density at radius 2 is 1.92 bits per heavy atom. The minimum atomic E-state index is -0.360. The molecular formula is C19H20N4O3. The highest BCUT2D eigenvalue weighted by Crippen LogP contribution is 2.16. The molecule has 0 unspecified atom stereocenters. The molecule has 134 valence electrons. The summed E-state index contributed by atoms with van der Waals surface area (Å²) in [6.07, 6.45) is 1.62. The molecule has 0 saturated carbocycles. The van der Waals surface area contributed by atoms with Gasteiger partial charge in [0, 0.05) is 23.7 Å². The SMILES string of the molecule is COc1ncccc1CNC(=O)c1nn(C(C)C)c(=O)c2ccccc12. The summed E-state index contributed by atoms with van der Waals surface area (Å²) in [7, 11) is 1.53. The van der Waals surface area contributed by atoms with Crippen molar-refractivity contribution in [3.63, 3.8) is 0 Å². The van der Waals surface area contributed by atoms with E-state index in [2.05, 4.69) is 15.4 Å². The Bertz CT molecular complexity index is 1010. The van der Waals surface area contributed by atoms with Gasteiger partial charge in [-0.05, 0) is 26.0 Å². The summed E-state index contributed by atoms with van der Waals surface area (Å²) in [6, 6.07) is 10.4. The van der Waals surface area contributed by atoms with E-state index in [-0.39, 0.29) is 29.7 Å². The lowest BCUT2D eigenvalue weighted by Gasteiger charge is -2.14. The van der Waals surface area contributed by atoms with E-state index in [1.54, 1.807) is 36.5 Å². The number of hydrogen-bond acceptors (Lipinski definition) is 5. The molecule has 0 fully saturated rings. The maximum Gasteiger partial charge on any atom is 0.274 e. The van der Waals surface area contributed by atoms with Gasteiger partial charge in [-0.15, -0.1) is 0 Å². The number of ether oxygens (including phenoxy) is 1. The van der Waals surface area contributed by atoms with Crippen molar-refractivity contribution < 1.29 is 9.53 Å². The first kappa shape index (κ1) is 17.6. The van der Waals surface area contributed by atoms with Crippen LogP contribution in [0.2, 0.25) is 0 Å². The number of methoxy groups -OCH3 is 1. The van der Waals surface area contributed by atoms with Crippen LogP contribution in [0.3, 0.4) is 0 Å². The first-order valence-corrected chi connectivity index (χ1v) is 8.30. The fraction of sp³-hybridized carbons (Fsp3) is 0.263. The number of fused-ring (bicyclic) bond motifs is 1. The Morgan fingerprint density at radius 1 is 1.19 bits per heavy atom. The van der Waals surface area contributed by atoms with Crippen molar-refractivity contribution in [1.29, 1.82) is 0 Å². The molecule has 2 aromatic heterocycles. The lowest BCUT2D eigenvalue weighted by atomic mass is 10.1. The van der Waals surface area contributed by atoms with Crippen LogP contribution in [0.5, 0.6) is 5.88 Å². The van der Waals surface area contributed by atoms with E-state index < -0.39 is 0 Å². The summed E-state index contributed by atoms with van der Waals surface area (Å²) in [5.41, 5.74) is 0.766. The summed E-state index contributed by atoms with van der Waals surface area (Å²) >= 11 is 0.